The predicted molar refractivity (Wildman–Crippen MR) is 93.9 cm³/mol. The standard InChI is InChI=1S/C19H12F5N3O3/c1-2-30-18(29)14-8-15(10-3-4-16(25-9-10)19(22,23)24)26-27(17(14)28)13-6-11(20)5-12(21)7-13/h3-9H,2H2,1H3. The fraction of sp³-hybridized carbons (Fsp3) is 0.158. The summed E-state index contributed by atoms with van der Waals surface area (Å²) >= 11 is 0. The van der Waals surface area contributed by atoms with Crippen LogP contribution in [0.2, 0.25) is 0 Å². The number of nitrogens with zero attached hydrogens (tertiary/aromatic N) is 3. The maximum Gasteiger partial charge on any atom is 0.433 e. The second kappa shape index (κ2) is 8.01. The second-order valence-corrected chi connectivity index (χ2v) is 5.94. The van der Waals surface area contributed by atoms with E-state index in [-0.39, 0.29) is 23.6 Å². The SMILES string of the molecule is CCOC(=O)c1cc(-c2ccc(C(F)(F)F)nc2)nn(-c2cc(F)cc(F)c2)c1=O. The van der Waals surface area contributed by atoms with Crippen LogP contribution in [0.15, 0.2) is 47.4 Å². The number of aromatic nitrogens is 3. The van der Waals surface area contributed by atoms with Crippen molar-refractivity contribution in [2.24, 2.45) is 0 Å². The highest BCUT2D eigenvalue weighted by molar-refractivity contribution is 5.90. The molecule has 0 radical (unpaired) electrons. The van der Waals surface area contributed by atoms with Gasteiger partial charge in [-0.2, -0.15) is 23.0 Å². The quantitative estimate of drug-likeness (QED) is 0.470. The van der Waals surface area contributed by atoms with Crippen molar-refractivity contribution in [1.82, 2.24) is 14.8 Å². The summed E-state index contributed by atoms with van der Waals surface area (Å²) in [6.07, 6.45) is -3.82. The highest BCUT2D eigenvalue weighted by Crippen LogP contribution is 2.28. The number of ether oxygens (including phenoxy) is 1. The molecule has 2 aromatic heterocycles. The van der Waals surface area contributed by atoms with Gasteiger partial charge in [0.1, 0.15) is 22.9 Å². The molecule has 0 N–H and O–H groups in total. The van der Waals surface area contributed by atoms with Crippen molar-refractivity contribution in [2.75, 3.05) is 6.61 Å². The van der Waals surface area contributed by atoms with Gasteiger partial charge in [-0.15, -0.1) is 0 Å². The highest BCUT2D eigenvalue weighted by atomic mass is 19.4. The lowest BCUT2D eigenvalue weighted by Gasteiger charge is -2.11. The first-order valence-electron chi connectivity index (χ1n) is 8.41. The van der Waals surface area contributed by atoms with Crippen LogP contribution in [0, 0.1) is 11.6 Å². The Bertz CT molecular complexity index is 1140. The Morgan fingerprint density at radius 2 is 1.77 bits per heavy atom. The van der Waals surface area contributed by atoms with Crippen LogP contribution in [0.5, 0.6) is 0 Å². The molecule has 0 spiro atoms. The van der Waals surface area contributed by atoms with E-state index >= 15 is 0 Å². The summed E-state index contributed by atoms with van der Waals surface area (Å²) in [5, 5.41) is 3.93. The Labute approximate surface area is 165 Å². The van der Waals surface area contributed by atoms with E-state index in [1.165, 1.54) is 6.92 Å². The number of hydrogen-bond acceptors (Lipinski definition) is 5. The van der Waals surface area contributed by atoms with Crippen LogP contribution in [0.1, 0.15) is 23.0 Å². The summed E-state index contributed by atoms with van der Waals surface area (Å²) in [5.41, 5.74) is -3.14. The molecule has 0 amide bonds. The smallest absolute Gasteiger partial charge is 0.433 e. The van der Waals surface area contributed by atoms with Crippen molar-refractivity contribution in [3.63, 3.8) is 0 Å². The van der Waals surface area contributed by atoms with Crippen LogP contribution in [0.4, 0.5) is 22.0 Å². The van der Waals surface area contributed by atoms with E-state index in [0.717, 1.165) is 30.5 Å². The number of carbonyl (C=O) groups is 1. The van der Waals surface area contributed by atoms with Crippen molar-refractivity contribution >= 4 is 5.97 Å². The summed E-state index contributed by atoms with van der Waals surface area (Å²) < 4.78 is 70.8. The Morgan fingerprint density at radius 3 is 2.30 bits per heavy atom. The van der Waals surface area contributed by atoms with Gasteiger partial charge in [-0.25, -0.2) is 13.6 Å². The van der Waals surface area contributed by atoms with Crippen molar-refractivity contribution in [3.8, 4) is 16.9 Å². The molecule has 0 atom stereocenters. The van der Waals surface area contributed by atoms with Gasteiger partial charge in [0.25, 0.3) is 5.56 Å². The zero-order chi connectivity index (χ0) is 22.1. The molecule has 1 aromatic carbocycles. The molecule has 0 aliphatic carbocycles. The molecule has 11 heteroatoms. The summed E-state index contributed by atoms with van der Waals surface area (Å²) in [7, 11) is 0. The zero-order valence-corrected chi connectivity index (χ0v) is 15.2. The average Bonchev–Trinajstić information content (AvgIpc) is 2.67. The van der Waals surface area contributed by atoms with E-state index in [1.54, 1.807) is 0 Å². The zero-order valence-electron chi connectivity index (χ0n) is 15.2. The van der Waals surface area contributed by atoms with Gasteiger partial charge < -0.3 is 4.74 Å². The molecule has 0 aliphatic rings. The minimum absolute atomic E-state index is 0.0270. The molecule has 156 valence electrons. The largest absolute Gasteiger partial charge is 0.462 e. The third kappa shape index (κ3) is 4.34. The summed E-state index contributed by atoms with van der Waals surface area (Å²) in [5.74, 6) is -3.03. The number of halogens is 5. The van der Waals surface area contributed by atoms with Crippen LogP contribution in [0.3, 0.4) is 0 Å². The van der Waals surface area contributed by atoms with Gasteiger partial charge in [0, 0.05) is 17.8 Å². The molecule has 0 aliphatic heterocycles. The highest BCUT2D eigenvalue weighted by Gasteiger charge is 2.32. The molecule has 0 bridgehead atoms. The van der Waals surface area contributed by atoms with Crippen molar-refractivity contribution in [1.29, 1.82) is 0 Å². The lowest BCUT2D eigenvalue weighted by atomic mass is 10.1. The Balaban J connectivity index is 2.22. The van der Waals surface area contributed by atoms with Gasteiger partial charge in [0.15, 0.2) is 0 Å². The van der Waals surface area contributed by atoms with Crippen molar-refractivity contribution in [2.45, 2.75) is 13.1 Å². The topological polar surface area (TPSA) is 74.1 Å². The molecule has 6 nitrogen and oxygen atoms in total. The first-order chi connectivity index (χ1) is 14.1. The Hall–Kier alpha value is -3.63. The predicted octanol–water partition coefficient (Wildman–Crippen LogP) is 3.77. The third-order valence-corrected chi connectivity index (χ3v) is 3.85. The summed E-state index contributed by atoms with van der Waals surface area (Å²) in [6, 6.07) is 4.93. The van der Waals surface area contributed by atoms with E-state index in [0.29, 0.717) is 16.8 Å². The van der Waals surface area contributed by atoms with Gasteiger partial charge in [-0.05, 0) is 37.3 Å². The van der Waals surface area contributed by atoms with E-state index in [2.05, 4.69) is 10.1 Å². The minimum atomic E-state index is -4.67. The molecule has 30 heavy (non-hydrogen) atoms. The van der Waals surface area contributed by atoms with E-state index in [9.17, 15) is 31.5 Å². The van der Waals surface area contributed by atoms with Crippen LogP contribution >= 0.6 is 0 Å². The van der Waals surface area contributed by atoms with Crippen molar-refractivity contribution < 1.29 is 31.5 Å². The minimum Gasteiger partial charge on any atom is -0.462 e. The molecule has 3 aromatic rings. The molecule has 3 rings (SSSR count). The van der Waals surface area contributed by atoms with Crippen LogP contribution in [-0.4, -0.2) is 27.3 Å². The van der Waals surface area contributed by atoms with E-state index in [4.69, 9.17) is 4.74 Å². The molecule has 0 fully saturated rings. The number of pyridine rings is 1. The lowest BCUT2D eigenvalue weighted by molar-refractivity contribution is -0.141. The van der Waals surface area contributed by atoms with Crippen LogP contribution in [-0.2, 0) is 10.9 Å². The van der Waals surface area contributed by atoms with Gasteiger partial charge in [0.05, 0.1) is 18.0 Å². The fourth-order valence-corrected chi connectivity index (χ4v) is 2.54. The second-order valence-electron chi connectivity index (χ2n) is 5.94. The van der Waals surface area contributed by atoms with Gasteiger partial charge >= 0.3 is 12.1 Å². The Morgan fingerprint density at radius 1 is 1.10 bits per heavy atom. The number of esters is 1. The molecule has 0 saturated carbocycles. The first-order valence-corrected chi connectivity index (χ1v) is 8.41. The van der Waals surface area contributed by atoms with Crippen LogP contribution in [0.25, 0.3) is 16.9 Å². The number of alkyl halides is 3. The Kier molecular flexibility index (Phi) is 5.63. The van der Waals surface area contributed by atoms with Crippen LogP contribution < -0.4 is 5.56 Å². The van der Waals surface area contributed by atoms with Gasteiger partial charge in [-0.1, -0.05) is 0 Å². The normalized spacial score (nSPS) is 11.4. The maximum absolute atomic E-state index is 13.6. The van der Waals surface area contributed by atoms with Crippen molar-refractivity contribution in [3.05, 3.63) is 75.8 Å². The lowest BCUT2D eigenvalue weighted by Crippen LogP contribution is -2.29. The molecular weight excluding hydrogens is 413 g/mol. The van der Waals surface area contributed by atoms with E-state index < -0.39 is 40.6 Å². The number of hydrogen-bond donors (Lipinski definition) is 0. The average molecular weight is 425 g/mol. The van der Waals surface area contributed by atoms with Gasteiger partial charge in [-0.3, -0.25) is 9.78 Å². The molecule has 2 heterocycles. The maximum atomic E-state index is 13.6. The number of carbonyl (C=O) groups excluding carboxylic acids is 1. The molecule has 0 unspecified atom stereocenters. The fourth-order valence-electron chi connectivity index (χ4n) is 2.54. The molecule has 0 saturated heterocycles. The summed E-state index contributed by atoms with van der Waals surface area (Å²) in [4.78, 5) is 28.1. The van der Waals surface area contributed by atoms with E-state index in [1.807, 2.05) is 0 Å². The first kappa shape index (κ1) is 21.1. The monoisotopic (exact) mass is 425 g/mol. The number of benzene rings is 1. The summed E-state index contributed by atoms with van der Waals surface area (Å²) in [6.45, 7) is 1.44. The third-order valence-electron chi connectivity index (χ3n) is 3.85. The van der Waals surface area contributed by atoms with Gasteiger partial charge in [0.2, 0.25) is 0 Å². The number of rotatable bonds is 4. The molecular formula is C19H12F5N3O3.